The summed E-state index contributed by atoms with van der Waals surface area (Å²) in [4.78, 5) is 20.4. The van der Waals surface area contributed by atoms with E-state index in [-0.39, 0.29) is 23.6 Å². The van der Waals surface area contributed by atoms with Crippen molar-refractivity contribution in [3.8, 4) is 11.3 Å². The third-order valence-corrected chi connectivity index (χ3v) is 7.07. The van der Waals surface area contributed by atoms with Crippen molar-refractivity contribution in [3.63, 3.8) is 0 Å². The molecule has 6 rings (SSSR count). The number of piperidine rings is 1. The highest BCUT2D eigenvalue weighted by Crippen LogP contribution is 2.45. The number of carbonyl (C=O) groups is 1. The maximum atomic E-state index is 14.0. The van der Waals surface area contributed by atoms with E-state index in [1.165, 1.54) is 0 Å². The van der Waals surface area contributed by atoms with Gasteiger partial charge in [-0.15, -0.1) is 0 Å². The van der Waals surface area contributed by atoms with Gasteiger partial charge in [0.05, 0.1) is 23.1 Å². The minimum atomic E-state index is -1.49. The number of aromatic nitrogens is 4. The topological polar surface area (TPSA) is 55.4 Å². The molecule has 0 N–H and O–H groups in total. The standard InChI is InChI=1S/C25H22F3N5O/c1-13-23(32-9-4-3-8-20(32)29-13)25(34)33-15-6-5-7-19(33)22-16(12-15)24(31(2)30-22)14-10-17(26)21(28)18(27)11-14/h3-4,8-11,15,19H,5-7,12H2,1-2H3/t15-,19+/m0/s1. The van der Waals surface area contributed by atoms with Gasteiger partial charge in [0, 0.05) is 30.4 Å². The summed E-state index contributed by atoms with van der Waals surface area (Å²) < 4.78 is 45.0. The molecule has 0 radical (unpaired) electrons. The van der Waals surface area contributed by atoms with Gasteiger partial charge in [-0.1, -0.05) is 6.07 Å². The van der Waals surface area contributed by atoms with E-state index in [1.54, 1.807) is 11.7 Å². The Morgan fingerprint density at radius 1 is 1.12 bits per heavy atom. The first kappa shape index (κ1) is 20.9. The lowest BCUT2D eigenvalue weighted by molar-refractivity contribution is 0.0384. The molecule has 34 heavy (non-hydrogen) atoms. The zero-order chi connectivity index (χ0) is 23.7. The van der Waals surface area contributed by atoms with Crippen molar-refractivity contribution < 1.29 is 18.0 Å². The van der Waals surface area contributed by atoms with E-state index in [4.69, 9.17) is 5.10 Å². The second-order valence-corrected chi connectivity index (χ2v) is 9.08. The van der Waals surface area contributed by atoms with Crippen LogP contribution < -0.4 is 0 Å². The normalized spacial score (nSPS) is 19.5. The van der Waals surface area contributed by atoms with Crippen LogP contribution in [0.1, 0.15) is 52.7 Å². The van der Waals surface area contributed by atoms with E-state index in [0.29, 0.717) is 29.1 Å². The number of fused-ring (bicyclic) bond motifs is 5. The molecular formula is C25H22F3N5O. The van der Waals surface area contributed by atoms with Crippen LogP contribution in [0, 0.1) is 24.4 Å². The van der Waals surface area contributed by atoms with Gasteiger partial charge in [-0.05, 0) is 56.9 Å². The Morgan fingerprint density at radius 2 is 1.88 bits per heavy atom. The molecule has 2 atom stereocenters. The van der Waals surface area contributed by atoms with Gasteiger partial charge >= 0.3 is 0 Å². The molecular weight excluding hydrogens is 443 g/mol. The molecule has 1 fully saturated rings. The van der Waals surface area contributed by atoms with Crippen LogP contribution in [-0.4, -0.2) is 36.0 Å². The van der Waals surface area contributed by atoms with Crippen molar-refractivity contribution in [2.24, 2.45) is 7.05 Å². The number of hydrogen-bond acceptors (Lipinski definition) is 3. The van der Waals surface area contributed by atoms with Gasteiger partial charge in [-0.25, -0.2) is 18.2 Å². The molecule has 2 aliphatic rings. The number of aryl methyl sites for hydroxylation is 2. The van der Waals surface area contributed by atoms with Crippen LogP contribution in [0.2, 0.25) is 0 Å². The number of benzene rings is 1. The third-order valence-electron chi connectivity index (χ3n) is 7.07. The van der Waals surface area contributed by atoms with Crippen molar-refractivity contribution in [3.05, 3.63) is 76.6 Å². The molecule has 4 aromatic rings. The lowest BCUT2D eigenvalue weighted by Gasteiger charge is -2.45. The summed E-state index contributed by atoms with van der Waals surface area (Å²) in [7, 11) is 1.71. The molecule has 0 unspecified atom stereocenters. The Kier molecular flexibility index (Phi) is 4.59. The molecule has 6 nitrogen and oxygen atoms in total. The van der Waals surface area contributed by atoms with Gasteiger partial charge < -0.3 is 4.90 Å². The lowest BCUT2D eigenvalue weighted by Crippen LogP contribution is -2.50. The Morgan fingerprint density at radius 3 is 2.65 bits per heavy atom. The van der Waals surface area contributed by atoms with E-state index in [1.807, 2.05) is 40.6 Å². The van der Waals surface area contributed by atoms with Crippen LogP contribution >= 0.6 is 0 Å². The van der Waals surface area contributed by atoms with Gasteiger partial charge in [0.15, 0.2) is 17.5 Å². The Labute approximate surface area is 193 Å². The van der Waals surface area contributed by atoms with Crippen LogP contribution in [0.3, 0.4) is 0 Å². The number of nitrogens with zero attached hydrogens (tertiary/aromatic N) is 5. The van der Waals surface area contributed by atoms with Crippen molar-refractivity contribution >= 4 is 11.6 Å². The zero-order valence-electron chi connectivity index (χ0n) is 18.7. The Bertz CT molecular complexity index is 1450. The summed E-state index contributed by atoms with van der Waals surface area (Å²) in [5.41, 5.74) is 4.31. The molecule has 2 aliphatic heterocycles. The molecule has 1 aromatic carbocycles. The summed E-state index contributed by atoms with van der Waals surface area (Å²) in [6.07, 6.45) is 4.86. The van der Waals surface area contributed by atoms with Crippen molar-refractivity contribution in [2.75, 3.05) is 0 Å². The van der Waals surface area contributed by atoms with Crippen molar-refractivity contribution in [1.82, 2.24) is 24.1 Å². The van der Waals surface area contributed by atoms with Crippen LogP contribution in [0.4, 0.5) is 13.2 Å². The van der Waals surface area contributed by atoms with E-state index < -0.39 is 17.5 Å². The van der Waals surface area contributed by atoms with E-state index >= 15 is 0 Å². The number of hydrogen-bond donors (Lipinski definition) is 0. The second-order valence-electron chi connectivity index (χ2n) is 9.08. The summed E-state index contributed by atoms with van der Waals surface area (Å²) >= 11 is 0. The summed E-state index contributed by atoms with van der Waals surface area (Å²) in [5, 5.41) is 4.69. The van der Waals surface area contributed by atoms with Crippen LogP contribution in [-0.2, 0) is 13.5 Å². The van der Waals surface area contributed by atoms with Gasteiger partial charge in [-0.3, -0.25) is 13.9 Å². The summed E-state index contributed by atoms with van der Waals surface area (Å²) in [6.45, 7) is 1.84. The molecule has 3 aromatic heterocycles. The highest BCUT2D eigenvalue weighted by atomic mass is 19.2. The minimum Gasteiger partial charge on any atom is -0.325 e. The van der Waals surface area contributed by atoms with Gasteiger partial charge in [-0.2, -0.15) is 5.10 Å². The second kappa shape index (κ2) is 7.44. The average Bonchev–Trinajstić information content (AvgIpc) is 3.31. The highest BCUT2D eigenvalue weighted by Gasteiger charge is 2.44. The quantitative estimate of drug-likeness (QED) is 0.402. The SMILES string of the molecule is Cc1nc2ccccn2c1C(=O)N1[C@H]2CCC[C@@H]1c1nn(C)c(-c3cc(F)c(F)c(F)c3)c1C2. The predicted molar refractivity (Wildman–Crippen MR) is 119 cm³/mol. The van der Waals surface area contributed by atoms with Gasteiger partial charge in [0.1, 0.15) is 11.3 Å². The molecule has 0 spiro atoms. The van der Waals surface area contributed by atoms with Crippen LogP contribution in [0.5, 0.6) is 0 Å². The number of halogens is 3. The number of carbonyl (C=O) groups excluding carboxylic acids is 1. The molecule has 5 heterocycles. The maximum Gasteiger partial charge on any atom is 0.273 e. The van der Waals surface area contributed by atoms with E-state index in [2.05, 4.69) is 4.98 Å². The monoisotopic (exact) mass is 465 g/mol. The number of pyridine rings is 1. The Hall–Kier alpha value is -3.62. The van der Waals surface area contributed by atoms with E-state index in [0.717, 1.165) is 42.7 Å². The molecule has 1 amide bonds. The fourth-order valence-corrected chi connectivity index (χ4v) is 5.70. The largest absolute Gasteiger partial charge is 0.325 e. The molecule has 174 valence electrons. The number of imidazole rings is 1. The van der Waals surface area contributed by atoms with E-state index in [9.17, 15) is 18.0 Å². The molecule has 0 saturated carbocycles. The first-order chi connectivity index (χ1) is 16.3. The lowest BCUT2D eigenvalue weighted by atomic mass is 9.81. The van der Waals surface area contributed by atoms with Gasteiger partial charge in [0.2, 0.25) is 0 Å². The fraction of sp³-hybridized carbons (Fsp3) is 0.320. The maximum absolute atomic E-state index is 14.0. The van der Waals surface area contributed by atoms with Gasteiger partial charge in [0.25, 0.3) is 5.91 Å². The van der Waals surface area contributed by atoms with Crippen molar-refractivity contribution in [1.29, 1.82) is 0 Å². The predicted octanol–water partition coefficient (Wildman–Crippen LogP) is 4.75. The smallest absolute Gasteiger partial charge is 0.273 e. The Balaban J connectivity index is 1.46. The number of rotatable bonds is 2. The highest BCUT2D eigenvalue weighted by molar-refractivity contribution is 5.95. The first-order valence-corrected chi connectivity index (χ1v) is 11.3. The zero-order valence-corrected chi connectivity index (χ0v) is 18.7. The average molecular weight is 465 g/mol. The third kappa shape index (κ3) is 2.92. The minimum absolute atomic E-state index is 0.0782. The summed E-state index contributed by atoms with van der Waals surface area (Å²) in [6, 6.07) is 7.30. The molecule has 2 bridgehead atoms. The molecule has 9 heteroatoms. The van der Waals surface area contributed by atoms with Crippen LogP contribution in [0.25, 0.3) is 16.9 Å². The molecule has 1 saturated heterocycles. The molecule has 0 aliphatic carbocycles. The van der Waals surface area contributed by atoms with Crippen molar-refractivity contribution in [2.45, 2.75) is 44.7 Å². The van der Waals surface area contributed by atoms with Crippen LogP contribution in [0.15, 0.2) is 36.5 Å². The summed E-state index contributed by atoms with van der Waals surface area (Å²) in [5.74, 6) is -4.05. The fourth-order valence-electron chi connectivity index (χ4n) is 5.70. The number of amides is 1. The first-order valence-electron chi connectivity index (χ1n) is 11.3.